The monoisotopic (exact) mass is 562 g/mol. The van der Waals surface area contributed by atoms with E-state index in [0.717, 1.165) is 57.1 Å². The Labute approximate surface area is 242 Å². The smallest absolute Gasteiger partial charge is 0.253 e. The van der Waals surface area contributed by atoms with Crippen LogP contribution in [0, 0.1) is 11.5 Å². The lowest BCUT2D eigenvalue weighted by molar-refractivity contribution is -0.204. The number of nitrogen functional groups attached to an aromatic ring is 1. The van der Waals surface area contributed by atoms with Crippen LogP contribution in [0.2, 0.25) is 0 Å². The fourth-order valence-corrected chi connectivity index (χ4v) is 4.74. The number of nitrogens with two attached hydrogens (primary N) is 1. The summed E-state index contributed by atoms with van der Waals surface area (Å²) in [6.07, 6.45) is 14.3. The molecule has 0 spiro atoms. The third-order valence-corrected chi connectivity index (χ3v) is 6.98. The summed E-state index contributed by atoms with van der Waals surface area (Å²) in [6, 6.07) is 10.6. The van der Waals surface area contributed by atoms with Gasteiger partial charge in [-0.1, -0.05) is 38.2 Å². The second-order valence-corrected chi connectivity index (χ2v) is 10.2. The lowest BCUT2D eigenvalue weighted by atomic mass is 9.95. The number of carbonyl (C=O) groups excluding carboxylic acids is 2. The number of nitrogens with one attached hydrogen (secondary N) is 2. The van der Waals surface area contributed by atoms with E-state index in [-0.39, 0.29) is 24.5 Å². The molecule has 0 bridgehead atoms. The third kappa shape index (κ3) is 11.1. The van der Waals surface area contributed by atoms with Crippen molar-refractivity contribution in [3.8, 4) is 6.19 Å². The number of carbonyl (C=O) groups is 2. The number of pyridine rings is 1. The van der Waals surface area contributed by atoms with Gasteiger partial charge in [-0.05, 0) is 56.0 Å². The largest absolute Gasteiger partial charge is 0.399 e. The summed E-state index contributed by atoms with van der Waals surface area (Å²) >= 11 is 0. The zero-order valence-electron chi connectivity index (χ0n) is 23.9. The van der Waals surface area contributed by atoms with Gasteiger partial charge in [0.1, 0.15) is 0 Å². The lowest BCUT2D eigenvalue weighted by Gasteiger charge is -2.33. The van der Waals surface area contributed by atoms with Gasteiger partial charge >= 0.3 is 0 Å². The van der Waals surface area contributed by atoms with E-state index in [1.807, 2.05) is 6.19 Å². The minimum atomic E-state index is -0.135. The molecule has 0 unspecified atom stereocenters. The molecule has 4 N–H and O–H groups in total. The highest BCUT2D eigenvalue weighted by molar-refractivity contribution is 5.95. The molecule has 1 saturated carbocycles. The first-order valence-electron chi connectivity index (χ1n) is 14.4. The van der Waals surface area contributed by atoms with Gasteiger partial charge in [0.2, 0.25) is 11.9 Å². The van der Waals surface area contributed by atoms with E-state index in [2.05, 4.69) is 20.6 Å². The molecule has 2 amide bonds. The van der Waals surface area contributed by atoms with Gasteiger partial charge in [0.05, 0.1) is 12.6 Å². The van der Waals surface area contributed by atoms with Crippen LogP contribution in [0.1, 0.15) is 74.6 Å². The van der Waals surface area contributed by atoms with Crippen LogP contribution in [0.5, 0.6) is 0 Å². The predicted octanol–water partition coefficient (Wildman–Crippen LogP) is 4.32. The van der Waals surface area contributed by atoms with E-state index in [9.17, 15) is 9.59 Å². The van der Waals surface area contributed by atoms with Gasteiger partial charge in [-0.25, -0.2) is 5.06 Å². The molecule has 0 aliphatic heterocycles. The molecule has 11 nitrogen and oxygen atoms in total. The van der Waals surface area contributed by atoms with Crippen molar-refractivity contribution >= 4 is 29.1 Å². The first kappa shape index (κ1) is 31.4. The van der Waals surface area contributed by atoms with E-state index in [1.54, 1.807) is 65.8 Å². The molecule has 41 heavy (non-hydrogen) atoms. The zero-order chi connectivity index (χ0) is 29.3. The molecule has 0 atom stereocenters. The molecule has 220 valence electrons. The van der Waals surface area contributed by atoms with Gasteiger partial charge in [0.15, 0.2) is 6.19 Å². The van der Waals surface area contributed by atoms with Crippen LogP contribution in [0.4, 0.5) is 11.4 Å². The second kappa shape index (κ2) is 17.5. The van der Waals surface area contributed by atoms with Gasteiger partial charge in [0.25, 0.3) is 5.91 Å². The number of hydroxylamine groups is 2. The minimum Gasteiger partial charge on any atom is -0.399 e. The van der Waals surface area contributed by atoms with Crippen molar-refractivity contribution in [3.05, 3.63) is 54.4 Å². The average molecular weight is 563 g/mol. The zero-order valence-corrected chi connectivity index (χ0v) is 23.9. The van der Waals surface area contributed by atoms with E-state index >= 15 is 0 Å². The lowest BCUT2D eigenvalue weighted by Crippen LogP contribution is -2.43. The number of hydrogen-bond donors (Lipinski definition) is 3. The van der Waals surface area contributed by atoms with E-state index in [4.69, 9.17) is 15.8 Å². The highest BCUT2D eigenvalue weighted by atomic mass is 16.7. The molecule has 0 saturated heterocycles. The molecule has 0 radical (unpaired) electrons. The van der Waals surface area contributed by atoms with Crippen molar-refractivity contribution in [2.24, 2.45) is 4.99 Å². The number of aliphatic imine (C=N–C) groups is 1. The molecular weight excluding hydrogens is 520 g/mol. The Bertz CT molecular complexity index is 1160. The predicted molar refractivity (Wildman–Crippen MR) is 159 cm³/mol. The van der Waals surface area contributed by atoms with Crippen LogP contribution in [-0.4, -0.2) is 65.5 Å². The highest BCUT2D eigenvalue weighted by Crippen LogP contribution is 2.24. The number of aromatic nitrogens is 1. The summed E-state index contributed by atoms with van der Waals surface area (Å²) in [4.78, 5) is 41.9. The maximum Gasteiger partial charge on any atom is 0.253 e. The van der Waals surface area contributed by atoms with Crippen molar-refractivity contribution in [1.29, 1.82) is 5.26 Å². The topological polar surface area (TPSA) is 149 Å². The van der Waals surface area contributed by atoms with Crippen LogP contribution in [0.3, 0.4) is 0 Å². The van der Waals surface area contributed by atoms with E-state index in [1.165, 1.54) is 6.42 Å². The quantitative estimate of drug-likeness (QED) is 0.0586. The van der Waals surface area contributed by atoms with Crippen molar-refractivity contribution in [2.75, 3.05) is 37.8 Å². The Balaban J connectivity index is 1.40. The number of likely N-dealkylation sites (N-methyl/N-ethyl adjacent to an activating group) is 1. The van der Waals surface area contributed by atoms with Crippen molar-refractivity contribution < 1.29 is 14.4 Å². The standard InChI is InChI=1S/C30H42N8O3/c1-37(29(40)24-10-9-11-25(32)22-24)20-21-41-38(27-12-5-4-6-13-27)28(39)14-7-2-3-8-17-34-30(35-23-31)36-26-15-18-33-19-16-26/h9-11,15-16,18-19,22,27H,2-8,12-14,17,20-21,32H2,1H3,(H2,33,34,35,36). The van der Waals surface area contributed by atoms with Gasteiger partial charge < -0.3 is 16.0 Å². The Morgan fingerprint density at radius 2 is 1.88 bits per heavy atom. The van der Waals surface area contributed by atoms with Gasteiger partial charge in [-0.15, -0.1) is 0 Å². The number of guanidine groups is 1. The molecule has 11 heteroatoms. The third-order valence-electron chi connectivity index (χ3n) is 6.98. The van der Waals surface area contributed by atoms with Crippen molar-refractivity contribution in [3.63, 3.8) is 0 Å². The van der Waals surface area contributed by atoms with E-state index in [0.29, 0.717) is 36.7 Å². The number of anilines is 2. The highest BCUT2D eigenvalue weighted by Gasteiger charge is 2.26. The van der Waals surface area contributed by atoms with Crippen LogP contribution in [0.15, 0.2) is 53.8 Å². The Morgan fingerprint density at radius 3 is 2.61 bits per heavy atom. The Kier molecular flexibility index (Phi) is 13.4. The minimum absolute atomic E-state index is 0.00166. The van der Waals surface area contributed by atoms with Crippen molar-refractivity contribution in [2.45, 2.75) is 70.3 Å². The maximum atomic E-state index is 13.2. The average Bonchev–Trinajstić information content (AvgIpc) is 2.99. The number of unbranched alkanes of at least 4 members (excludes halogenated alkanes) is 3. The summed E-state index contributed by atoms with van der Waals surface area (Å²) < 4.78 is 0. The summed E-state index contributed by atoms with van der Waals surface area (Å²) in [5.41, 5.74) is 7.68. The van der Waals surface area contributed by atoms with Gasteiger partial charge in [-0.3, -0.25) is 29.7 Å². The van der Waals surface area contributed by atoms with Crippen LogP contribution in [0.25, 0.3) is 0 Å². The molecule has 1 fully saturated rings. The molecule has 3 rings (SSSR count). The normalized spacial score (nSPS) is 13.7. The van der Waals surface area contributed by atoms with Crippen LogP contribution in [-0.2, 0) is 9.63 Å². The second-order valence-electron chi connectivity index (χ2n) is 10.2. The summed E-state index contributed by atoms with van der Waals surface area (Å²) in [5.74, 6) is 0.264. The van der Waals surface area contributed by atoms with E-state index < -0.39 is 0 Å². The SMILES string of the molecule is CN(CCON(C(=O)CCCCCCN=C(NC#N)Nc1ccncc1)C1CCCCC1)C(=O)c1cccc(N)c1. The number of rotatable bonds is 14. The molecule has 1 aliphatic rings. The number of nitrogens with zero attached hydrogens (tertiary/aromatic N) is 5. The fraction of sp³-hybridized carbons (Fsp3) is 0.500. The van der Waals surface area contributed by atoms with Gasteiger partial charge in [-0.2, -0.15) is 5.26 Å². The molecular formula is C30H42N8O3. The molecule has 1 aromatic heterocycles. The fourth-order valence-electron chi connectivity index (χ4n) is 4.74. The maximum absolute atomic E-state index is 13.2. The first-order valence-corrected chi connectivity index (χ1v) is 14.4. The summed E-state index contributed by atoms with van der Waals surface area (Å²) in [7, 11) is 1.72. The molecule has 2 aromatic rings. The Hall–Kier alpha value is -4.17. The molecule has 1 aliphatic carbocycles. The van der Waals surface area contributed by atoms with Gasteiger partial charge in [0, 0.05) is 55.9 Å². The molecule has 1 heterocycles. The summed E-state index contributed by atoms with van der Waals surface area (Å²) in [6.45, 7) is 1.18. The molecule has 1 aromatic carbocycles. The van der Waals surface area contributed by atoms with Crippen molar-refractivity contribution in [1.82, 2.24) is 20.3 Å². The van der Waals surface area contributed by atoms with Crippen LogP contribution >= 0.6 is 0 Å². The number of benzene rings is 1. The first-order chi connectivity index (χ1) is 20.0. The number of nitriles is 1. The Morgan fingerprint density at radius 1 is 1.12 bits per heavy atom. The summed E-state index contributed by atoms with van der Waals surface area (Å²) in [5, 5.41) is 16.2. The number of hydrogen-bond acceptors (Lipinski definition) is 7. The number of amides is 2. The van der Waals surface area contributed by atoms with Crippen LogP contribution < -0.4 is 16.4 Å².